The van der Waals surface area contributed by atoms with Gasteiger partial charge in [-0.15, -0.1) is 0 Å². The van der Waals surface area contributed by atoms with Crippen LogP contribution in [0.1, 0.15) is 0 Å². The fourth-order valence-electron chi connectivity index (χ4n) is 5.83. The van der Waals surface area contributed by atoms with Crippen molar-refractivity contribution in [2.45, 2.75) is 0 Å². The molecule has 0 bridgehead atoms. The van der Waals surface area contributed by atoms with Gasteiger partial charge in [0.15, 0.2) is 0 Å². The molecule has 0 aliphatic carbocycles. The molecule has 3 aromatic heterocycles. The molecule has 0 fully saturated rings. The van der Waals surface area contributed by atoms with Gasteiger partial charge in [0.25, 0.3) is 0 Å². The number of pyridine rings is 2. The van der Waals surface area contributed by atoms with Crippen LogP contribution < -0.4 is 26.5 Å². The number of nitrogens with zero attached hydrogens (tertiary/aromatic N) is 3. The van der Waals surface area contributed by atoms with Gasteiger partial charge in [0.1, 0.15) is 5.65 Å². The molecule has 1 atom stereocenters. The Morgan fingerprint density at radius 3 is 1.95 bits per heavy atom. The first-order valence-corrected chi connectivity index (χ1v) is 16.0. The van der Waals surface area contributed by atoms with Gasteiger partial charge in [-0.25, -0.2) is 4.98 Å². The molecule has 5 heteroatoms. The molecular formula is C36H25N3P2. The van der Waals surface area contributed by atoms with E-state index in [0.29, 0.717) is 8.58 Å². The highest BCUT2D eigenvalue weighted by molar-refractivity contribution is 7.80. The third-order valence-electron chi connectivity index (χ3n) is 7.59. The lowest BCUT2D eigenvalue weighted by Crippen LogP contribution is -2.22. The van der Waals surface area contributed by atoms with Gasteiger partial charge < -0.3 is 0 Å². The first-order chi connectivity index (χ1) is 20.3. The quantitative estimate of drug-likeness (QED) is 0.176. The van der Waals surface area contributed by atoms with Gasteiger partial charge in [0.2, 0.25) is 0 Å². The molecule has 0 radical (unpaired) electrons. The first kappa shape index (κ1) is 24.4. The average molecular weight is 562 g/mol. The highest BCUT2D eigenvalue weighted by Crippen LogP contribution is 2.39. The Kier molecular flexibility index (Phi) is 6.07. The van der Waals surface area contributed by atoms with Crippen LogP contribution in [0.2, 0.25) is 0 Å². The number of benzene rings is 5. The highest BCUT2D eigenvalue weighted by atomic mass is 31.1. The van der Waals surface area contributed by atoms with Gasteiger partial charge in [0, 0.05) is 28.5 Å². The number of fused-ring (bicyclic) bond motifs is 8. The average Bonchev–Trinajstić information content (AvgIpc) is 3.42. The van der Waals surface area contributed by atoms with Gasteiger partial charge >= 0.3 is 0 Å². The third kappa shape index (κ3) is 4.21. The SMILES string of the molecule is c1ccc(P(c2ccccc2)c2cccc3c4ccccc4c4nc5cc(Pc6ccncc6)ccc5n4c23)cc1. The molecule has 8 aromatic rings. The van der Waals surface area contributed by atoms with E-state index in [1.807, 2.05) is 12.4 Å². The Balaban J connectivity index is 1.46. The molecule has 194 valence electrons. The molecule has 8 rings (SSSR count). The largest absolute Gasteiger partial charge is 0.291 e. The van der Waals surface area contributed by atoms with Gasteiger partial charge in [-0.3, -0.25) is 9.38 Å². The summed E-state index contributed by atoms with van der Waals surface area (Å²) in [6, 6.07) is 48.4. The van der Waals surface area contributed by atoms with Crippen LogP contribution in [0.25, 0.3) is 38.4 Å². The topological polar surface area (TPSA) is 30.2 Å². The van der Waals surface area contributed by atoms with E-state index in [2.05, 4.69) is 143 Å². The fraction of sp³-hybridized carbons (Fsp3) is 0. The lowest BCUT2D eigenvalue weighted by Gasteiger charge is -2.22. The fourth-order valence-corrected chi connectivity index (χ4v) is 9.31. The molecule has 0 saturated carbocycles. The van der Waals surface area contributed by atoms with Crippen molar-refractivity contribution < 1.29 is 0 Å². The van der Waals surface area contributed by atoms with E-state index in [1.54, 1.807) is 0 Å². The summed E-state index contributed by atoms with van der Waals surface area (Å²) in [5.74, 6) is 0. The van der Waals surface area contributed by atoms with E-state index in [0.717, 1.165) is 16.7 Å². The summed E-state index contributed by atoms with van der Waals surface area (Å²) in [5, 5.41) is 10.2. The van der Waals surface area contributed by atoms with E-state index in [9.17, 15) is 0 Å². The molecule has 0 aliphatic heterocycles. The van der Waals surface area contributed by atoms with Crippen LogP contribution in [-0.2, 0) is 0 Å². The lowest BCUT2D eigenvalue weighted by atomic mass is 10.1. The minimum atomic E-state index is -0.804. The molecule has 0 saturated heterocycles. The van der Waals surface area contributed by atoms with Gasteiger partial charge in [0.05, 0.1) is 16.6 Å². The van der Waals surface area contributed by atoms with Crippen molar-refractivity contribution in [1.82, 2.24) is 14.4 Å². The van der Waals surface area contributed by atoms with Crippen molar-refractivity contribution in [3.63, 3.8) is 0 Å². The highest BCUT2D eigenvalue weighted by Gasteiger charge is 2.23. The number of para-hydroxylation sites is 1. The van der Waals surface area contributed by atoms with E-state index in [-0.39, 0.29) is 0 Å². The lowest BCUT2D eigenvalue weighted by molar-refractivity contribution is 1.32. The second-order valence-corrected chi connectivity index (χ2v) is 13.7. The van der Waals surface area contributed by atoms with Crippen LogP contribution >= 0.6 is 16.5 Å². The zero-order valence-corrected chi connectivity index (χ0v) is 24.0. The van der Waals surface area contributed by atoms with Crippen molar-refractivity contribution >= 4 is 81.4 Å². The van der Waals surface area contributed by atoms with E-state index in [1.165, 1.54) is 48.2 Å². The van der Waals surface area contributed by atoms with Crippen LogP contribution in [-0.4, -0.2) is 14.4 Å². The van der Waals surface area contributed by atoms with Crippen LogP contribution in [0.5, 0.6) is 0 Å². The molecular weight excluding hydrogens is 536 g/mol. The maximum absolute atomic E-state index is 5.30. The molecule has 3 nitrogen and oxygen atoms in total. The van der Waals surface area contributed by atoms with Crippen molar-refractivity contribution in [3.05, 3.63) is 146 Å². The number of aromatic nitrogens is 3. The van der Waals surface area contributed by atoms with Crippen LogP contribution in [0.3, 0.4) is 0 Å². The van der Waals surface area contributed by atoms with Gasteiger partial charge in [-0.2, -0.15) is 0 Å². The predicted molar refractivity (Wildman–Crippen MR) is 178 cm³/mol. The second-order valence-electron chi connectivity index (χ2n) is 10.1. The smallest absolute Gasteiger partial charge is 0.146 e. The van der Waals surface area contributed by atoms with Crippen LogP contribution in [0, 0.1) is 0 Å². The first-order valence-electron chi connectivity index (χ1n) is 13.7. The van der Waals surface area contributed by atoms with E-state index in [4.69, 9.17) is 4.98 Å². The molecule has 0 spiro atoms. The minimum Gasteiger partial charge on any atom is -0.291 e. The summed E-state index contributed by atoms with van der Waals surface area (Å²) in [6.45, 7) is 0. The maximum atomic E-state index is 5.30. The Morgan fingerprint density at radius 2 is 1.22 bits per heavy atom. The summed E-state index contributed by atoms with van der Waals surface area (Å²) in [6.07, 6.45) is 3.73. The van der Waals surface area contributed by atoms with Crippen molar-refractivity contribution in [1.29, 1.82) is 0 Å². The molecule has 5 aromatic carbocycles. The molecule has 0 N–H and O–H groups in total. The van der Waals surface area contributed by atoms with Crippen molar-refractivity contribution in [3.8, 4) is 0 Å². The summed E-state index contributed by atoms with van der Waals surface area (Å²) in [4.78, 5) is 9.48. The summed E-state index contributed by atoms with van der Waals surface area (Å²) in [7, 11) is -0.244. The molecule has 1 unspecified atom stereocenters. The zero-order chi connectivity index (χ0) is 27.2. The second kappa shape index (κ2) is 10.2. The van der Waals surface area contributed by atoms with Crippen molar-refractivity contribution in [2.24, 2.45) is 0 Å². The Morgan fingerprint density at radius 1 is 0.561 bits per heavy atom. The summed E-state index contributed by atoms with van der Waals surface area (Å²) >= 11 is 0. The molecule has 41 heavy (non-hydrogen) atoms. The Labute approximate surface area is 241 Å². The summed E-state index contributed by atoms with van der Waals surface area (Å²) in [5.41, 5.74) is 4.42. The van der Waals surface area contributed by atoms with Gasteiger partial charge in [-0.1, -0.05) is 118 Å². The predicted octanol–water partition coefficient (Wildman–Crippen LogP) is 6.58. The zero-order valence-electron chi connectivity index (χ0n) is 22.1. The van der Waals surface area contributed by atoms with Crippen LogP contribution in [0.15, 0.2) is 146 Å². The van der Waals surface area contributed by atoms with Crippen molar-refractivity contribution in [2.75, 3.05) is 0 Å². The number of rotatable bonds is 5. The Bertz CT molecular complexity index is 2140. The minimum absolute atomic E-state index is 0.559. The normalized spacial score (nSPS) is 12.0. The standard InChI is InChI=1S/C36H25N3P2/c1-3-10-27(11-4-1)41(28-12-5-2-6-13-28)34-17-9-16-30-29-14-7-8-15-31(29)36-38-32-24-26(40-25-20-22-37-23-21-25)18-19-33(32)39(36)35(30)34/h1-24,40H. The molecule has 0 aliphatic rings. The monoisotopic (exact) mass is 561 g/mol. The maximum Gasteiger partial charge on any atom is 0.146 e. The number of hydrogen-bond donors (Lipinski definition) is 0. The number of hydrogen-bond acceptors (Lipinski definition) is 2. The Hall–Kier alpha value is -4.42. The third-order valence-corrected chi connectivity index (χ3v) is 11.3. The number of imidazole rings is 1. The van der Waals surface area contributed by atoms with Crippen LogP contribution in [0.4, 0.5) is 0 Å². The molecule has 3 heterocycles. The van der Waals surface area contributed by atoms with E-state index >= 15 is 0 Å². The summed E-state index contributed by atoms with van der Waals surface area (Å²) < 4.78 is 2.42. The van der Waals surface area contributed by atoms with E-state index < -0.39 is 7.92 Å². The molecule has 0 amide bonds. The van der Waals surface area contributed by atoms with Gasteiger partial charge in [-0.05, 0) is 58.8 Å².